The molecule has 1 heterocycles. The van der Waals surface area contributed by atoms with Gasteiger partial charge in [-0.25, -0.2) is 0 Å². The first kappa shape index (κ1) is 13.5. The number of carboxylic acid groups (broad SMARTS) is 1. The van der Waals surface area contributed by atoms with E-state index in [1.807, 2.05) is 6.92 Å². The van der Waals surface area contributed by atoms with Gasteiger partial charge in [0.2, 0.25) is 0 Å². The standard InChI is InChI=1S/C12H24N2O2/c1-4-14(10(3)9(2)12(15)16)11-6-5-7-13-8-11/h9-11,13H,4-8H2,1-3H3,(H,15,16). The Morgan fingerprint density at radius 2 is 2.25 bits per heavy atom. The van der Waals surface area contributed by atoms with E-state index < -0.39 is 5.97 Å². The molecule has 0 saturated carbocycles. The Morgan fingerprint density at radius 3 is 2.69 bits per heavy atom. The summed E-state index contributed by atoms with van der Waals surface area (Å²) in [6.07, 6.45) is 2.37. The van der Waals surface area contributed by atoms with Crippen molar-refractivity contribution in [1.82, 2.24) is 10.2 Å². The monoisotopic (exact) mass is 228 g/mol. The van der Waals surface area contributed by atoms with E-state index in [0.717, 1.165) is 19.6 Å². The molecule has 1 rings (SSSR count). The average Bonchev–Trinajstić information content (AvgIpc) is 2.30. The summed E-state index contributed by atoms with van der Waals surface area (Å²) in [7, 11) is 0. The summed E-state index contributed by atoms with van der Waals surface area (Å²) in [5.41, 5.74) is 0. The number of carbonyl (C=O) groups is 1. The average molecular weight is 228 g/mol. The number of aliphatic carboxylic acids is 1. The maximum Gasteiger partial charge on any atom is 0.307 e. The van der Waals surface area contributed by atoms with Gasteiger partial charge in [-0.15, -0.1) is 0 Å². The number of likely N-dealkylation sites (N-methyl/N-ethyl adjacent to an activating group) is 1. The Kier molecular flexibility index (Phi) is 5.22. The smallest absolute Gasteiger partial charge is 0.307 e. The normalized spacial score (nSPS) is 25.4. The summed E-state index contributed by atoms with van der Waals surface area (Å²) in [6, 6.07) is 0.600. The van der Waals surface area contributed by atoms with Crippen molar-refractivity contribution in [2.75, 3.05) is 19.6 Å². The summed E-state index contributed by atoms with van der Waals surface area (Å²) >= 11 is 0. The van der Waals surface area contributed by atoms with Crippen LogP contribution in [0.25, 0.3) is 0 Å². The molecule has 0 aromatic heterocycles. The lowest BCUT2D eigenvalue weighted by molar-refractivity contribution is -0.143. The molecule has 4 nitrogen and oxygen atoms in total. The van der Waals surface area contributed by atoms with Gasteiger partial charge < -0.3 is 10.4 Å². The van der Waals surface area contributed by atoms with Gasteiger partial charge in [-0.1, -0.05) is 13.8 Å². The van der Waals surface area contributed by atoms with Crippen molar-refractivity contribution in [1.29, 1.82) is 0 Å². The summed E-state index contributed by atoms with van der Waals surface area (Å²) in [6.45, 7) is 8.94. The van der Waals surface area contributed by atoms with Crippen LogP contribution in [0.15, 0.2) is 0 Å². The fraction of sp³-hybridized carbons (Fsp3) is 0.917. The molecule has 4 heteroatoms. The first-order valence-electron chi connectivity index (χ1n) is 6.27. The fourth-order valence-corrected chi connectivity index (χ4v) is 2.49. The molecule has 0 aliphatic carbocycles. The number of nitrogens with one attached hydrogen (secondary N) is 1. The summed E-state index contributed by atoms with van der Waals surface area (Å²) in [5, 5.41) is 12.4. The van der Waals surface area contributed by atoms with Gasteiger partial charge >= 0.3 is 5.97 Å². The summed E-state index contributed by atoms with van der Waals surface area (Å²) < 4.78 is 0. The number of nitrogens with zero attached hydrogens (tertiary/aromatic N) is 1. The molecule has 2 N–H and O–H groups in total. The van der Waals surface area contributed by atoms with E-state index in [4.69, 9.17) is 5.11 Å². The number of rotatable bonds is 5. The number of piperidine rings is 1. The molecule has 0 aromatic rings. The van der Waals surface area contributed by atoms with Crippen LogP contribution in [0.5, 0.6) is 0 Å². The van der Waals surface area contributed by atoms with Gasteiger partial charge in [0.05, 0.1) is 5.92 Å². The van der Waals surface area contributed by atoms with Gasteiger partial charge in [0.1, 0.15) is 0 Å². The molecule has 3 atom stereocenters. The van der Waals surface area contributed by atoms with Gasteiger partial charge in [-0.3, -0.25) is 9.69 Å². The molecule has 0 spiro atoms. The molecule has 1 saturated heterocycles. The third-order valence-corrected chi connectivity index (χ3v) is 3.74. The number of hydrogen-bond acceptors (Lipinski definition) is 3. The molecule has 3 unspecified atom stereocenters. The van der Waals surface area contributed by atoms with Crippen LogP contribution >= 0.6 is 0 Å². The van der Waals surface area contributed by atoms with Crippen molar-refractivity contribution in [2.24, 2.45) is 5.92 Å². The molecule has 1 fully saturated rings. The molecule has 0 amide bonds. The van der Waals surface area contributed by atoms with Crippen molar-refractivity contribution >= 4 is 5.97 Å². The molecule has 0 aromatic carbocycles. The second-order valence-electron chi connectivity index (χ2n) is 4.70. The zero-order valence-corrected chi connectivity index (χ0v) is 10.6. The van der Waals surface area contributed by atoms with Crippen LogP contribution in [0.2, 0.25) is 0 Å². The third kappa shape index (κ3) is 3.19. The van der Waals surface area contributed by atoms with E-state index >= 15 is 0 Å². The maximum absolute atomic E-state index is 11.0. The van der Waals surface area contributed by atoms with E-state index in [9.17, 15) is 4.79 Å². The highest BCUT2D eigenvalue weighted by Gasteiger charge is 2.29. The van der Waals surface area contributed by atoms with Gasteiger partial charge in [-0.2, -0.15) is 0 Å². The van der Waals surface area contributed by atoms with E-state index in [1.54, 1.807) is 6.92 Å². The molecule has 1 aliphatic rings. The van der Waals surface area contributed by atoms with Crippen molar-refractivity contribution in [2.45, 2.75) is 45.7 Å². The van der Waals surface area contributed by atoms with Crippen molar-refractivity contribution in [3.05, 3.63) is 0 Å². The van der Waals surface area contributed by atoms with Crippen LogP contribution in [0, 0.1) is 5.92 Å². The highest BCUT2D eigenvalue weighted by molar-refractivity contribution is 5.70. The van der Waals surface area contributed by atoms with Crippen molar-refractivity contribution < 1.29 is 9.90 Å². The van der Waals surface area contributed by atoms with Crippen LogP contribution < -0.4 is 5.32 Å². The number of carboxylic acids is 1. The van der Waals surface area contributed by atoms with Crippen LogP contribution in [0.3, 0.4) is 0 Å². The SMILES string of the molecule is CCN(C1CCCNC1)C(C)C(C)C(=O)O. The predicted molar refractivity (Wildman–Crippen MR) is 64.5 cm³/mol. The molecule has 1 aliphatic heterocycles. The van der Waals surface area contributed by atoms with E-state index in [1.165, 1.54) is 12.8 Å². The second kappa shape index (κ2) is 6.21. The van der Waals surface area contributed by atoms with E-state index in [2.05, 4.69) is 17.1 Å². The summed E-state index contributed by atoms with van der Waals surface area (Å²) in [4.78, 5) is 13.3. The largest absolute Gasteiger partial charge is 0.481 e. The first-order chi connectivity index (χ1) is 7.57. The van der Waals surface area contributed by atoms with Gasteiger partial charge in [0.25, 0.3) is 0 Å². The lowest BCUT2D eigenvalue weighted by atomic mass is 9.97. The Hall–Kier alpha value is -0.610. The second-order valence-corrected chi connectivity index (χ2v) is 4.70. The predicted octanol–water partition coefficient (Wildman–Crippen LogP) is 1.17. The summed E-state index contributed by atoms with van der Waals surface area (Å²) in [5.74, 6) is -1.00. The quantitative estimate of drug-likeness (QED) is 0.741. The Bertz CT molecular complexity index is 227. The van der Waals surface area contributed by atoms with Gasteiger partial charge in [0, 0.05) is 18.6 Å². The fourth-order valence-electron chi connectivity index (χ4n) is 2.49. The molecule has 0 bridgehead atoms. The Morgan fingerprint density at radius 1 is 1.56 bits per heavy atom. The molecular weight excluding hydrogens is 204 g/mol. The topological polar surface area (TPSA) is 52.6 Å². The van der Waals surface area contributed by atoms with Crippen LogP contribution in [0.1, 0.15) is 33.6 Å². The zero-order chi connectivity index (χ0) is 12.1. The van der Waals surface area contributed by atoms with Crippen LogP contribution in [-0.4, -0.2) is 47.7 Å². The van der Waals surface area contributed by atoms with Crippen molar-refractivity contribution in [3.8, 4) is 0 Å². The molecular formula is C12H24N2O2. The third-order valence-electron chi connectivity index (χ3n) is 3.74. The lowest BCUT2D eigenvalue weighted by Gasteiger charge is -2.39. The highest BCUT2D eigenvalue weighted by atomic mass is 16.4. The van der Waals surface area contributed by atoms with Gasteiger partial charge in [-0.05, 0) is 32.9 Å². The van der Waals surface area contributed by atoms with Crippen LogP contribution in [0.4, 0.5) is 0 Å². The van der Waals surface area contributed by atoms with Crippen molar-refractivity contribution in [3.63, 3.8) is 0 Å². The molecule has 0 radical (unpaired) electrons. The minimum atomic E-state index is -0.699. The minimum absolute atomic E-state index is 0.104. The van der Waals surface area contributed by atoms with Crippen LogP contribution in [-0.2, 0) is 4.79 Å². The lowest BCUT2D eigenvalue weighted by Crippen LogP contribution is -2.52. The Balaban J connectivity index is 2.60. The highest BCUT2D eigenvalue weighted by Crippen LogP contribution is 2.18. The molecule has 94 valence electrons. The maximum atomic E-state index is 11.0. The van der Waals surface area contributed by atoms with E-state index in [-0.39, 0.29) is 12.0 Å². The van der Waals surface area contributed by atoms with E-state index in [0.29, 0.717) is 6.04 Å². The zero-order valence-electron chi connectivity index (χ0n) is 10.6. The number of hydrogen-bond donors (Lipinski definition) is 2. The minimum Gasteiger partial charge on any atom is -0.481 e. The van der Waals surface area contributed by atoms with Gasteiger partial charge in [0.15, 0.2) is 0 Å². The Labute approximate surface area is 98.0 Å². The molecule has 16 heavy (non-hydrogen) atoms. The first-order valence-corrected chi connectivity index (χ1v) is 6.27.